The number of hydrogen-bond donors (Lipinski definition) is 1. The fraction of sp³-hybridized carbons (Fsp3) is 0.611. The third kappa shape index (κ3) is 3.53. The van der Waals surface area contributed by atoms with Gasteiger partial charge in [-0.3, -0.25) is 9.69 Å². The number of carbonyl (C=O) groups is 1. The summed E-state index contributed by atoms with van der Waals surface area (Å²) in [5.41, 5.74) is 0.644. The van der Waals surface area contributed by atoms with Gasteiger partial charge in [0, 0.05) is 25.4 Å². The molecule has 1 aromatic carbocycles. The van der Waals surface area contributed by atoms with E-state index in [9.17, 15) is 9.90 Å². The van der Waals surface area contributed by atoms with E-state index in [-0.39, 0.29) is 5.78 Å². The number of likely N-dealkylation sites (tertiary alicyclic amines) is 1. The van der Waals surface area contributed by atoms with Gasteiger partial charge < -0.3 is 5.11 Å². The molecule has 0 radical (unpaired) electrons. The predicted molar refractivity (Wildman–Crippen MR) is 83.1 cm³/mol. The smallest absolute Gasteiger partial charge is 0.151 e. The minimum atomic E-state index is -0.447. The van der Waals surface area contributed by atoms with E-state index in [1.807, 2.05) is 30.3 Å². The van der Waals surface area contributed by atoms with Crippen molar-refractivity contribution in [1.82, 2.24) is 4.90 Å². The number of piperidine rings is 1. The van der Waals surface area contributed by atoms with Gasteiger partial charge >= 0.3 is 0 Å². The van der Waals surface area contributed by atoms with Crippen molar-refractivity contribution in [3.63, 3.8) is 0 Å². The summed E-state index contributed by atoms with van der Waals surface area (Å²) in [6.45, 7) is 2.27. The molecule has 1 saturated heterocycles. The number of rotatable bonds is 4. The number of benzene rings is 1. The Morgan fingerprint density at radius 1 is 1.24 bits per heavy atom. The Morgan fingerprint density at radius 3 is 2.86 bits per heavy atom. The van der Waals surface area contributed by atoms with E-state index in [4.69, 9.17) is 0 Å². The number of hydrogen-bond acceptors (Lipinski definition) is 3. The van der Waals surface area contributed by atoms with Gasteiger partial charge in [-0.05, 0) is 24.8 Å². The summed E-state index contributed by atoms with van der Waals surface area (Å²) >= 11 is 0. The normalized spacial score (nSPS) is 29.9. The van der Waals surface area contributed by atoms with Crippen molar-refractivity contribution < 1.29 is 9.90 Å². The van der Waals surface area contributed by atoms with Crippen LogP contribution in [0.3, 0.4) is 0 Å². The molecule has 0 aromatic heterocycles. The third-order valence-electron chi connectivity index (χ3n) is 5.16. The van der Waals surface area contributed by atoms with E-state index in [1.165, 1.54) is 6.42 Å². The van der Waals surface area contributed by atoms with Crippen LogP contribution in [0.5, 0.6) is 0 Å². The number of fused-ring (bicyclic) bond motifs is 1. The molecule has 1 N–H and O–H groups in total. The van der Waals surface area contributed by atoms with Gasteiger partial charge in [0.15, 0.2) is 5.78 Å². The average molecular weight is 287 g/mol. The van der Waals surface area contributed by atoms with Gasteiger partial charge in [-0.25, -0.2) is 0 Å². The van der Waals surface area contributed by atoms with Crippen LogP contribution in [0.4, 0.5) is 0 Å². The minimum Gasteiger partial charge on any atom is -0.390 e. The summed E-state index contributed by atoms with van der Waals surface area (Å²) in [6, 6.07) is 9.95. The fourth-order valence-electron chi connectivity index (χ4n) is 3.91. The summed E-state index contributed by atoms with van der Waals surface area (Å²) in [4.78, 5) is 14.5. The molecule has 1 aliphatic carbocycles. The highest BCUT2D eigenvalue weighted by atomic mass is 16.3. The Labute approximate surface area is 127 Å². The Balaban J connectivity index is 1.53. The number of aliphatic hydroxyl groups is 1. The minimum absolute atomic E-state index is 0.280. The van der Waals surface area contributed by atoms with Gasteiger partial charge in [-0.15, -0.1) is 0 Å². The first-order valence-corrected chi connectivity index (χ1v) is 8.16. The van der Waals surface area contributed by atoms with Crippen LogP contribution in [0.25, 0.3) is 0 Å². The van der Waals surface area contributed by atoms with Gasteiger partial charge in [0.2, 0.25) is 0 Å². The highest BCUT2D eigenvalue weighted by Crippen LogP contribution is 2.39. The third-order valence-corrected chi connectivity index (χ3v) is 5.16. The summed E-state index contributed by atoms with van der Waals surface area (Å²) < 4.78 is 0. The zero-order valence-corrected chi connectivity index (χ0v) is 12.6. The summed E-state index contributed by atoms with van der Waals surface area (Å²) in [6.07, 6.45) is 5.78. The standard InChI is InChI=1S/C18H25NO2/c20-17(12-15-6-2-1-3-7-15)14-19-11-10-18(21)9-5-4-8-16(18)13-19/h1-3,6-7,16,21H,4-5,8-14H2. The molecule has 2 fully saturated rings. The van der Waals surface area contributed by atoms with E-state index < -0.39 is 5.60 Å². The van der Waals surface area contributed by atoms with Crippen molar-refractivity contribution in [3.8, 4) is 0 Å². The topological polar surface area (TPSA) is 40.5 Å². The lowest BCUT2D eigenvalue weighted by Gasteiger charge is -2.47. The van der Waals surface area contributed by atoms with Crippen molar-refractivity contribution in [3.05, 3.63) is 35.9 Å². The lowest BCUT2D eigenvalue weighted by Crippen LogP contribution is -2.54. The zero-order chi connectivity index (χ0) is 14.7. The van der Waals surface area contributed by atoms with Crippen LogP contribution in [0.15, 0.2) is 30.3 Å². The van der Waals surface area contributed by atoms with Gasteiger partial charge in [0.25, 0.3) is 0 Å². The molecular formula is C18H25NO2. The monoisotopic (exact) mass is 287 g/mol. The lowest BCUT2D eigenvalue weighted by molar-refractivity contribution is -0.125. The van der Waals surface area contributed by atoms with E-state index in [1.54, 1.807) is 0 Å². The second-order valence-corrected chi connectivity index (χ2v) is 6.73. The predicted octanol–water partition coefficient (Wildman–Crippen LogP) is 2.43. The Morgan fingerprint density at radius 2 is 2.05 bits per heavy atom. The molecule has 3 heteroatoms. The maximum atomic E-state index is 12.2. The van der Waals surface area contributed by atoms with E-state index in [0.717, 1.165) is 44.3 Å². The Bertz CT molecular complexity index is 487. The highest BCUT2D eigenvalue weighted by molar-refractivity contribution is 5.82. The van der Waals surface area contributed by atoms with E-state index >= 15 is 0 Å². The van der Waals surface area contributed by atoms with Crippen LogP contribution in [-0.4, -0.2) is 41.0 Å². The van der Waals surface area contributed by atoms with Crippen molar-refractivity contribution in [2.45, 2.75) is 44.1 Å². The van der Waals surface area contributed by atoms with Gasteiger partial charge in [-0.1, -0.05) is 43.2 Å². The molecule has 0 spiro atoms. The molecule has 1 heterocycles. The maximum absolute atomic E-state index is 12.2. The van der Waals surface area contributed by atoms with Crippen molar-refractivity contribution >= 4 is 5.78 Å². The molecular weight excluding hydrogens is 262 g/mol. The molecule has 21 heavy (non-hydrogen) atoms. The van der Waals surface area contributed by atoms with Crippen molar-refractivity contribution in [1.29, 1.82) is 0 Å². The van der Waals surface area contributed by atoms with Crippen LogP contribution < -0.4 is 0 Å². The van der Waals surface area contributed by atoms with Crippen LogP contribution in [-0.2, 0) is 11.2 Å². The first kappa shape index (κ1) is 14.7. The summed E-state index contributed by atoms with van der Waals surface area (Å²) in [7, 11) is 0. The molecule has 3 nitrogen and oxygen atoms in total. The summed E-state index contributed by atoms with van der Waals surface area (Å²) in [5.74, 6) is 0.645. The van der Waals surface area contributed by atoms with Crippen LogP contribution in [0.2, 0.25) is 0 Å². The second kappa shape index (κ2) is 6.29. The van der Waals surface area contributed by atoms with Crippen LogP contribution >= 0.6 is 0 Å². The quantitative estimate of drug-likeness (QED) is 0.924. The molecule has 1 saturated carbocycles. The molecule has 3 rings (SSSR count). The van der Waals surface area contributed by atoms with Crippen LogP contribution in [0.1, 0.15) is 37.7 Å². The fourth-order valence-corrected chi connectivity index (χ4v) is 3.91. The average Bonchev–Trinajstić information content (AvgIpc) is 2.48. The number of ketones is 1. The Hall–Kier alpha value is -1.19. The second-order valence-electron chi connectivity index (χ2n) is 6.73. The number of carbonyl (C=O) groups excluding carboxylic acids is 1. The van der Waals surface area contributed by atoms with E-state index in [2.05, 4.69) is 4.90 Å². The van der Waals surface area contributed by atoms with Gasteiger partial charge in [0.05, 0.1) is 12.1 Å². The molecule has 0 bridgehead atoms. The lowest BCUT2D eigenvalue weighted by atomic mass is 9.71. The first-order chi connectivity index (χ1) is 10.2. The first-order valence-electron chi connectivity index (χ1n) is 8.16. The van der Waals surface area contributed by atoms with Crippen LogP contribution in [0, 0.1) is 5.92 Å². The summed E-state index contributed by atoms with van der Waals surface area (Å²) in [5, 5.41) is 10.7. The van der Waals surface area contributed by atoms with E-state index in [0.29, 0.717) is 18.9 Å². The number of nitrogens with zero attached hydrogens (tertiary/aromatic N) is 1. The molecule has 1 aromatic rings. The maximum Gasteiger partial charge on any atom is 0.151 e. The molecule has 2 atom stereocenters. The molecule has 2 aliphatic rings. The SMILES string of the molecule is O=C(Cc1ccccc1)CN1CCC2(O)CCCCC2C1. The largest absolute Gasteiger partial charge is 0.390 e. The van der Waals surface area contributed by atoms with Crippen molar-refractivity contribution in [2.24, 2.45) is 5.92 Å². The molecule has 2 unspecified atom stereocenters. The molecule has 1 aliphatic heterocycles. The number of Topliss-reactive ketones (excluding diaryl/α,β-unsaturated/α-hetero) is 1. The zero-order valence-electron chi connectivity index (χ0n) is 12.6. The van der Waals surface area contributed by atoms with Gasteiger partial charge in [0.1, 0.15) is 0 Å². The Kier molecular flexibility index (Phi) is 4.41. The van der Waals surface area contributed by atoms with Crippen molar-refractivity contribution in [2.75, 3.05) is 19.6 Å². The molecule has 0 amide bonds. The van der Waals surface area contributed by atoms with Gasteiger partial charge in [-0.2, -0.15) is 0 Å². The highest BCUT2D eigenvalue weighted by Gasteiger charge is 2.42. The molecule has 114 valence electrons.